The molecule has 0 aliphatic carbocycles. The van der Waals surface area contributed by atoms with E-state index in [1.54, 1.807) is 36.4 Å². The maximum absolute atomic E-state index is 13.0. The van der Waals surface area contributed by atoms with Crippen molar-refractivity contribution in [3.05, 3.63) is 84.1 Å². The summed E-state index contributed by atoms with van der Waals surface area (Å²) in [5.41, 5.74) is -0.551. The van der Waals surface area contributed by atoms with E-state index >= 15 is 0 Å². The Balaban J connectivity index is 1.55. The zero-order valence-electron chi connectivity index (χ0n) is 18.1. The Hall–Kier alpha value is -4.67. The number of amides is 2. The van der Waals surface area contributed by atoms with Gasteiger partial charge in [-0.15, -0.1) is 0 Å². The summed E-state index contributed by atoms with van der Waals surface area (Å²) in [5.74, 6) is -0.0125. The lowest BCUT2D eigenvalue weighted by molar-refractivity contribution is -0.137. The number of benzene rings is 3. The van der Waals surface area contributed by atoms with Crippen LogP contribution in [-0.2, 0) is 10.9 Å². The van der Waals surface area contributed by atoms with Gasteiger partial charge >= 0.3 is 12.3 Å². The third-order valence-electron chi connectivity index (χ3n) is 4.80. The number of carbonyl (C=O) groups excluding carboxylic acids is 2. The van der Waals surface area contributed by atoms with Crippen LogP contribution in [0.1, 0.15) is 15.9 Å². The molecular weight excluding hydrogens is 465 g/mol. The lowest BCUT2D eigenvalue weighted by Crippen LogP contribution is -2.13. The van der Waals surface area contributed by atoms with E-state index in [4.69, 9.17) is 4.74 Å². The number of alkyl halides is 3. The van der Waals surface area contributed by atoms with Crippen LogP contribution in [0.15, 0.2) is 72.9 Å². The average Bonchev–Trinajstić information content (AvgIpc) is 2.83. The third kappa shape index (κ3) is 5.64. The minimum absolute atomic E-state index is 0.0105. The molecule has 35 heavy (non-hydrogen) atoms. The minimum Gasteiger partial charge on any atom is -0.453 e. The van der Waals surface area contributed by atoms with Crippen LogP contribution in [0.25, 0.3) is 10.8 Å². The summed E-state index contributed by atoms with van der Waals surface area (Å²) in [6.07, 6.45) is -3.86. The van der Waals surface area contributed by atoms with Crippen LogP contribution in [-0.4, -0.2) is 29.1 Å². The second-order valence-electron chi connectivity index (χ2n) is 7.16. The number of hydrogen-bond acceptors (Lipinski definition) is 6. The summed E-state index contributed by atoms with van der Waals surface area (Å²) in [6.45, 7) is 0. The van der Waals surface area contributed by atoms with Gasteiger partial charge < -0.3 is 14.8 Å². The van der Waals surface area contributed by atoms with E-state index in [1.807, 2.05) is 0 Å². The molecule has 0 atom stereocenters. The molecule has 1 heterocycles. The van der Waals surface area contributed by atoms with Crippen molar-refractivity contribution in [3.8, 4) is 11.6 Å². The van der Waals surface area contributed by atoms with Crippen LogP contribution in [0.2, 0.25) is 0 Å². The lowest BCUT2D eigenvalue weighted by atomic mass is 10.0. The molecule has 0 saturated carbocycles. The van der Waals surface area contributed by atoms with Crippen molar-refractivity contribution in [1.29, 1.82) is 0 Å². The van der Waals surface area contributed by atoms with E-state index in [-0.39, 0.29) is 23.1 Å². The lowest BCUT2D eigenvalue weighted by Gasteiger charge is -2.12. The summed E-state index contributed by atoms with van der Waals surface area (Å²) < 4.78 is 49.1. The number of methoxy groups -OCH3 is 1. The van der Waals surface area contributed by atoms with E-state index in [0.717, 1.165) is 12.1 Å². The van der Waals surface area contributed by atoms with E-state index in [9.17, 15) is 22.8 Å². The largest absolute Gasteiger partial charge is 0.453 e. The zero-order valence-corrected chi connectivity index (χ0v) is 18.1. The molecule has 3 aromatic carbocycles. The fourth-order valence-corrected chi connectivity index (χ4v) is 3.22. The molecule has 0 aliphatic heterocycles. The van der Waals surface area contributed by atoms with E-state index in [2.05, 4.69) is 25.3 Å². The molecule has 4 rings (SSSR count). The molecule has 4 aromatic rings. The highest BCUT2D eigenvalue weighted by atomic mass is 19.4. The molecule has 8 nitrogen and oxygen atoms in total. The number of hydrogen-bond donors (Lipinski definition) is 2. The SMILES string of the molecule is COC(=O)Nc1nccc(Oc2ccc3c(C(=O)Nc4cccc(C(F)(F)F)c4)cccc3c2)n1. The Morgan fingerprint density at radius 3 is 2.51 bits per heavy atom. The quantitative estimate of drug-likeness (QED) is 0.369. The second-order valence-corrected chi connectivity index (χ2v) is 7.16. The third-order valence-corrected chi connectivity index (χ3v) is 4.80. The van der Waals surface area contributed by atoms with Crippen LogP contribution in [0.3, 0.4) is 0 Å². The summed E-state index contributed by atoms with van der Waals surface area (Å²) in [4.78, 5) is 32.1. The normalized spacial score (nSPS) is 11.1. The average molecular weight is 482 g/mol. The van der Waals surface area contributed by atoms with Gasteiger partial charge in [0.2, 0.25) is 11.8 Å². The van der Waals surface area contributed by atoms with Gasteiger partial charge in [0.15, 0.2) is 0 Å². The number of nitrogens with one attached hydrogen (secondary N) is 2. The Bertz CT molecular complexity index is 1410. The van der Waals surface area contributed by atoms with E-state index < -0.39 is 23.7 Å². The van der Waals surface area contributed by atoms with Crippen molar-refractivity contribution < 1.29 is 32.2 Å². The monoisotopic (exact) mass is 482 g/mol. The van der Waals surface area contributed by atoms with Gasteiger partial charge in [-0.1, -0.05) is 18.2 Å². The first-order valence-electron chi connectivity index (χ1n) is 10.1. The summed E-state index contributed by atoms with van der Waals surface area (Å²) >= 11 is 0. The van der Waals surface area contributed by atoms with Gasteiger partial charge in [0, 0.05) is 23.5 Å². The van der Waals surface area contributed by atoms with Crippen LogP contribution in [0.5, 0.6) is 11.6 Å². The number of fused-ring (bicyclic) bond motifs is 1. The van der Waals surface area contributed by atoms with Gasteiger partial charge in [0.05, 0.1) is 12.7 Å². The van der Waals surface area contributed by atoms with Gasteiger partial charge in [0.1, 0.15) is 5.75 Å². The number of anilines is 2. The zero-order chi connectivity index (χ0) is 25.0. The number of rotatable bonds is 5. The van der Waals surface area contributed by atoms with Gasteiger partial charge in [-0.25, -0.2) is 9.78 Å². The van der Waals surface area contributed by atoms with Crippen LogP contribution < -0.4 is 15.4 Å². The van der Waals surface area contributed by atoms with Crippen molar-refractivity contribution in [2.45, 2.75) is 6.18 Å². The Kier molecular flexibility index (Phi) is 6.49. The fraction of sp³-hybridized carbons (Fsp3) is 0.0833. The van der Waals surface area contributed by atoms with E-state index in [0.29, 0.717) is 16.5 Å². The van der Waals surface area contributed by atoms with Crippen LogP contribution in [0.4, 0.5) is 29.6 Å². The summed E-state index contributed by atoms with van der Waals surface area (Å²) in [5, 5.41) is 6.06. The summed E-state index contributed by atoms with van der Waals surface area (Å²) in [7, 11) is 1.21. The standard InChI is InChI=1S/C24H17F3N4O4/c1-34-23(33)31-22-28-11-10-20(30-22)35-17-8-9-18-14(12-17)4-2-7-19(18)21(32)29-16-6-3-5-15(13-16)24(25,26)27/h2-13H,1H3,(H,29,32)(H,28,30,31,33). The Morgan fingerprint density at radius 2 is 1.74 bits per heavy atom. The molecule has 0 saturated heterocycles. The minimum atomic E-state index is -4.52. The number of carbonyl (C=O) groups is 2. The molecule has 1 aromatic heterocycles. The first-order chi connectivity index (χ1) is 16.7. The van der Waals surface area contributed by atoms with Crippen molar-refractivity contribution >= 4 is 34.4 Å². The number of halogens is 3. The van der Waals surface area contributed by atoms with Crippen LogP contribution >= 0.6 is 0 Å². The van der Waals surface area contributed by atoms with Crippen molar-refractivity contribution in [1.82, 2.24) is 9.97 Å². The number of nitrogens with zero attached hydrogens (tertiary/aromatic N) is 2. The second kappa shape index (κ2) is 9.67. The van der Waals surface area contributed by atoms with Gasteiger partial charge in [-0.05, 0) is 53.2 Å². The Labute approximate surface area is 196 Å². The number of aromatic nitrogens is 2. The van der Waals surface area contributed by atoms with Gasteiger partial charge in [-0.2, -0.15) is 18.2 Å². The smallest absolute Gasteiger partial charge is 0.416 e. The molecule has 2 N–H and O–H groups in total. The maximum atomic E-state index is 13.0. The molecule has 0 spiro atoms. The highest BCUT2D eigenvalue weighted by Crippen LogP contribution is 2.31. The van der Waals surface area contributed by atoms with Crippen molar-refractivity contribution in [2.24, 2.45) is 0 Å². The molecule has 0 aliphatic rings. The van der Waals surface area contributed by atoms with Gasteiger partial charge in [-0.3, -0.25) is 10.1 Å². The molecular formula is C24H17F3N4O4. The predicted molar refractivity (Wildman–Crippen MR) is 121 cm³/mol. The molecule has 0 fully saturated rings. The fourth-order valence-electron chi connectivity index (χ4n) is 3.22. The van der Waals surface area contributed by atoms with Crippen LogP contribution in [0, 0.1) is 0 Å². The maximum Gasteiger partial charge on any atom is 0.416 e. The topological polar surface area (TPSA) is 102 Å². The molecule has 0 radical (unpaired) electrons. The predicted octanol–water partition coefficient (Wildman–Crippen LogP) is 5.87. The first kappa shape index (κ1) is 23.5. The molecule has 2 amide bonds. The molecule has 11 heteroatoms. The highest BCUT2D eigenvalue weighted by molar-refractivity contribution is 6.13. The highest BCUT2D eigenvalue weighted by Gasteiger charge is 2.30. The van der Waals surface area contributed by atoms with Crippen molar-refractivity contribution in [3.63, 3.8) is 0 Å². The van der Waals surface area contributed by atoms with Crippen molar-refractivity contribution in [2.75, 3.05) is 17.7 Å². The molecule has 0 unspecified atom stereocenters. The first-order valence-corrected chi connectivity index (χ1v) is 10.1. The molecule has 178 valence electrons. The number of ether oxygens (including phenoxy) is 2. The Morgan fingerprint density at radius 1 is 0.943 bits per heavy atom. The van der Waals surface area contributed by atoms with Gasteiger partial charge in [0.25, 0.3) is 5.91 Å². The van der Waals surface area contributed by atoms with E-state index in [1.165, 1.54) is 31.5 Å². The summed E-state index contributed by atoms with van der Waals surface area (Å²) in [6, 6.07) is 15.8. The molecule has 0 bridgehead atoms.